The van der Waals surface area contributed by atoms with Crippen LogP contribution in [0.4, 0.5) is 5.69 Å². The number of benzene rings is 1. The summed E-state index contributed by atoms with van der Waals surface area (Å²) < 4.78 is 16.5. The lowest BCUT2D eigenvalue weighted by Gasteiger charge is -2.39. The number of amides is 1. The Bertz CT molecular complexity index is 1180. The average Bonchev–Trinajstić information content (AvgIpc) is 3.36. The predicted octanol–water partition coefficient (Wildman–Crippen LogP) is 2.63. The molecule has 1 aromatic carbocycles. The molecular formula is C23H20N2O6. The Hall–Kier alpha value is -3.81. The van der Waals surface area contributed by atoms with Crippen LogP contribution in [0.25, 0.3) is 0 Å². The van der Waals surface area contributed by atoms with Gasteiger partial charge in [0.1, 0.15) is 22.5 Å². The molecule has 0 unspecified atom stereocenters. The Morgan fingerprint density at radius 1 is 1.23 bits per heavy atom. The molecule has 8 heteroatoms. The molecule has 0 bridgehead atoms. The van der Waals surface area contributed by atoms with Crippen molar-refractivity contribution in [3.05, 3.63) is 76.8 Å². The molecular weight excluding hydrogens is 400 g/mol. The van der Waals surface area contributed by atoms with Crippen molar-refractivity contribution in [1.29, 1.82) is 0 Å². The van der Waals surface area contributed by atoms with Gasteiger partial charge < -0.3 is 24.9 Å². The summed E-state index contributed by atoms with van der Waals surface area (Å²) in [5, 5.41) is 2.80. The number of ketones is 1. The summed E-state index contributed by atoms with van der Waals surface area (Å²) in [7, 11) is 0. The molecule has 0 fully saturated rings. The van der Waals surface area contributed by atoms with E-state index in [1.54, 1.807) is 49.6 Å². The van der Waals surface area contributed by atoms with Crippen LogP contribution in [0.3, 0.4) is 0 Å². The van der Waals surface area contributed by atoms with Crippen molar-refractivity contribution in [1.82, 2.24) is 0 Å². The second kappa shape index (κ2) is 6.87. The molecule has 0 saturated carbocycles. The highest BCUT2D eigenvalue weighted by atomic mass is 16.5. The van der Waals surface area contributed by atoms with Crippen molar-refractivity contribution >= 4 is 23.3 Å². The minimum Gasteiger partial charge on any atom is -0.469 e. The minimum absolute atomic E-state index is 0.0787. The molecule has 1 aliphatic carbocycles. The SMILES string of the molecule is CCOC(=O)C1=C(N)OC2=C(C(=O)C[C@@H](c3ccco3)C2)[C@]12C(=O)Nc1ccccc12. The van der Waals surface area contributed by atoms with Gasteiger partial charge in [0.25, 0.3) is 0 Å². The van der Waals surface area contributed by atoms with E-state index in [9.17, 15) is 14.4 Å². The number of ether oxygens (including phenoxy) is 2. The van der Waals surface area contributed by atoms with Gasteiger partial charge >= 0.3 is 5.97 Å². The number of nitrogens with two attached hydrogens (primary N) is 1. The van der Waals surface area contributed by atoms with Crippen molar-refractivity contribution in [2.24, 2.45) is 5.73 Å². The zero-order chi connectivity index (χ0) is 21.8. The van der Waals surface area contributed by atoms with E-state index in [1.165, 1.54) is 0 Å². The van der Waals surface area contributed by atoms with Gasteiger partial charge in [0.2, 0.25) is 11.8 Å². The highest BCUT2D eigenvalue weighted by Crippen LogP contribution is 2.55. The molecule has 3 aliphatic rings. The van der Waals surface area contributed by atoms with Gasteiger partial charge in [0.15, 0.2) is 5.78 Å². The number of furan rings is 1. The maximum Gasteiger partial charge on any atom is 0.341 e. The molecule has 0 radical (unpaired) electrons. The molecule has 1 aromatic heterocycles. The molecule has 8 nitrogen and oxygen atoms in total. The molecule has 0 saturated heterocycles. The first-order valence-corrected chi connectivity index (χ1v) is 10.0. The number of nitrogens with one attached hydrogen (secondary N) is 1. The van der Waals surface area contributed by atoms with Crippen molar-refractivity contribution in [2.45, 2.75) is 31.1 Å². The standard InChI is InChI=1S/C23H20N2O6/c1-2-29-21(27)19-20(24)31-17-11-12(16-8-5-9-30-16)10-15(26)18(17)23(19)13-6-3-4-7-14(13)25-22(23)28/h3-9,12H,2,10-11,24H2,1H3,(H,25,28)/t12-,23+/m1/s1. The van der Waals surface area contributed by atoms with Gasteiger partial charge in [-0.3, -0.25) is 9.59 Å². The van der Waals surface area contributed by atoms with Crippen LogP contribution in [-0.4, -0.2) is 24.3 Å². The summed E-state index contributed by atoms with van der Waals surface area (Å²) in [5.41, 5.74) is 5.45. The van der Waals surface area contributed by atoms with Crippen LogP contribution in [0.15, 0.2) is 69.9 Å². The monoisotopic (exact) mass is 420 g/mol. The largest absolute Gasteiger partial charge is 0.469 e. The van der Waals surface area contributed by atoms with E-state index < -0.39 is 17.3 Å². The summed E-state index contributed by atoms with van der Waals surface area (Å²) in [6.45, 7) is 1.73. The van der Waals surface area contributed by atoms with E-state index in [1.807, 2.05) is 0 Å². The van der Waals surface area contributed by atoms with Crippen molar-refractivity contribution in [2.75, 3.05) is 11.9 Å². The number of carbonyl (C=O) groups is 3. The zero-order valence-electron chi connectivity index (χ0n) is 16.8. The fraction of sp³-hybridized carbons (Fsp3) is 0.261. The van der Waals surface area contributed by atoms with Gasteiger partial charge in [0, 0.05) is 30.0 Å². The lowest BCUT2D eigenvalue weighted by atomic mass is 9.63. The van der Waals surface area contributed by atoms with Crippen LogP contribution in [0.2, 0.25) is 0 Å². The van der Waals surface area contributed by atoms with E-state index >= 15 is 0 Å². The first-order valence-electron chi connectivity index (χ1n) is 10.0. The summed E-state index contributed by atoms with van der Waals surface area (Å²) in [6.07, 6.45) is 1.96. The number of rotatable bonds is 3. The molecule has 158 valence electrons. The first-order chi connectivity index (χ1) is 15.0. The van der Waals surface area contributed by atoms with Crippen LogP contribution in [0.5, 0.6) is 0 Å². The third-order valence-electron chi connectivity index (χ3n) is 6.00. The van der Waals surface area contributed by atoms with Gasteiger partial charge in [-0.15, -0.1) is 0 Å². The van der Waals surface area contributed by atoms with E-state index in [2.05, 4.69) is 5.32 Å². The van der Waals surface area contributed by atoms with Gasteiger partial charge in [-0.1, -0.05) is 18.2 Å². The van der Waals surface area contributed by atoms with Crippen LogP contribution < -0.4 is 11.1 Å². The van der Waals surface area contributed by atoms with Gasteiger partial charge in [-0.2, -0.15) is 0 Å². The van der Waals surface area contributed by atoms with Crippen LogP contribution in [0.1, 0.15) is 37.0 Å². The Kier molecular flexibility index (Phi) is 4.25. The number of anilines is 1. The summed E-state index contributed by atoms with van der Waals surface area (Å²) in [6, 6.07) is 10.5. The molecule has 3 heterocycles. The summed E-state index contributed by atoms with van der Waals surface area (Å²) in [5.74, 6) is -1.20. The second-order valence-electron chi connectivity index (χ2n) is 7.65. The molecule has 31 heavy (non-hydrogen) atoms. The fourth-order valence-electron chi connectivity index (χ4n) is 4.82. The quantitative estimate of drug-likeness (QED) is 0.732. The first kappa shape index (κ1) is 19.2. The van der Waals surface area contributed by atoms with Gasteiger partial charge in [0.05, 0.1) is 18.4 Å². The van der Waals surface area contributed by atoms with Crippen LogP contribution in [0, 0.1) is 0 Å². The number of para-hydroxylation sites is 1. The number of fused-ring (bicyclic) bond motifs is 3. The number of hydrogen-bond acceptors (Lipinski definition) is 7. The molecule has 1 amide bonds. The second-order valence-corrected chi connectivity index (χ2v) is 7.65. The van der Waals surface area contributed by atoms with Crippen molar-refractivity contribution in [3.8, 4) is 0 Å². The summed E-state index contributed by atoms with van der Waals surface area (Å²) >= 11 is 0. The zero-order valence-corrected chi connectivity index (χ0v) is 16.8. The average molecular weight is 420 g/mol. The number of Topliss-reactive ketones (excluding diaryl/α,β-unsaturated/α-hetero) is 1. The number of hydrogen-bond donors (Lipinski definition) is 2. The Balaban J connectivity index is 1.75. The number of allylic oxidation sites excluding steroid dienone is 1. The number of esters is 1. The lowest BCUT2D eigenvalue weighted by molar-refractivity contribution is -0.141. The van der Waals surface area contributed by atoms with E-state index in [0.717, 1.165) is 0 Å². The minimum atomic E-state index is -1.72. The molecule has 2 aliphatic heterocycles. The van der Waals surface area contributed by atoms with E-state index in [4.69, 9.17) is 19.6 Å². The van der Waals surface area contributed by atoms with Gasteiger partial charge in [-0.05, 0) is 25.1 Å². The highest BCUT2D eigenvalue weighted by molar-refractivity contribution is 6.22. The van der Waals surface area contributed by atoms with Gasteiger partial charge in [-0.25, -0.2) is 4.79 Å². The van der Waals surface area contributed by atoms with Crippen LogP contribution in [-0.2, 0) is 29.3 Å². The molecule has 5 rings (SSSR count). The third-order valence-corrected chi connectivity index (χ3v) is 6.00. The van der Waals surface area contributed by atoms with E-state index in [-0.39, 0.29) is 47.5 Å². The summed E-state index contributed by atoms with van der Waals surface area (Å²) in [4.78, 5) is 40.0. The number of carbonyl (C=O) groups excluding carboxylic acids is 3. The van der Waals surface area contributed by atoms with Crippen molar-refractivity contribution < 1.29 is 28.3 Å². The van der Waals surface area contributed by atoms with E-state index in [0.29, 0.717) is 23.4 Å². The van der Waals surface area contributed by atoms with Crippen LogP contribution >= 0.6 is 0 Å². The molecule has 3 N–H and O–H groups in total. The maximum atomic E-state index is 13.5. The molecule has 1 spiro atoms. The topological polar surface area (TPSA) is 121 Å². The normalized spacial score (nSPS) is 24.6. The van der Waals surface area contributed by atoms with Crippen molar-refractivity contribution in [3.63, 3.8) is 0 Å². The smallest absolute Gasteiger partial charge is 0.341 e. The Labute approximate surface area is 177 Å². The Morgan fingerprint density at radius 2 is 2.03 bits per heavy atom. The molecule has 2 atom stereocenters. The molecule has 2 aromatic rings. The lowest BCUT2D eigenvalue weighted by Crippen LogP contribution is -2.49. The highest BCUT2D eigenvalue weighted by Gasteiger charge is 2.62. The third kappa shape index (κ3) is 2.57. The fourth-order valence-corrected chi connectivity index (χ4v) is 4.82. The predicted molar refractivity (Wildman–Crippen MR) is 108 cm³/mol. The maximum absolute atomic E-state index is 13.5. The Morgan fingerprint density at radius 3 is 2.77 bits per heavy atom.